The summed E-state index contributed by atoms with van der Waals surface area (Å²) in [5.41, 5.74) is 1.47. The molecule has 0 bridgehead atoms. The lowest BCUT2D eigenvalue weighted by Crippen LogP contribution is -2.40. The van der Waals surface area contributed by atoms with Crippen LogP contribution in [-0.4, -0.2) is 44.3 Å². The molecule has 0 unspecified atom stereocenters. The predicted octanol–water partition coefficient (Wildman–Crippen LogP) is 3.31. The number of aliphatic imine (C=N–C) groups is 1. The lowest BCUT2D eigenvalue weighted by molar-refractivity contribution is 0.174. The maximum atomic E-state index is 5.53. The van der Waals surface area contributed by atoms with Gasteiger partial charge in [-0.25, -0.2) is 0 Å². The van der Waals surface area contributed by atoms with E-state index in [9.17, 15) is 0 Å². The lowest BCUT2D eigenvalue weighted by atomic mass is 9.96. The van der Waals surface area contributed by atoms with Crippen LogP contribution < -0.4 is 14.8 Å². The van der Waals surface area contributed by atoms with Gasteiger partial charge < -0.3 is 19.7 Å². The normalized spacial score (nSPS) is 17.3. The van der Waals surface area contributed by atoms with Crippen molar-refractivity contribution in [3.8, 4) is 11.5 Å². The molecule has 0 aromatic heterocycles. The summed E-state index contributed by atoms with van der Waals surface area (Å²) in [7, 11) is 2.10. The maximum absolute atomic E-state index is 5.53. The van der Waals surface area contributed by atoms with Crippen LogP contribution in [0.2, 0.25) is 0 Å². The Labute approximate surface area is 150 Å². The number of hydrogen-bond acceptors (Lipinski definition) is 3. The fraction of sp³-hybridized carbons (Fsp3) is 0.550. The summed E-state index contributed by atoms with van der Waals surface area (Å²) in [6, 6.07) is 6.32. The molecule has 3 rings (SSSR count). The van der Waals surface area contributed by atoms with E-state index in [1.165, 1.54) is 18.4 Å². The third kappa shape index (κ3) is 4.09. The van der Waals surface area contributed by atoms with E-state index in [0.29, 0.717) is 6.79 Å². The second-order valence-electron chi connectivity index (χ2n) is 6.87. The van der Waals surface area contributed by atoms with E-state index in [1.54, 1.807) is 0 Å². The molecular formula is C20H29N3O2. The topological polar surface area (TPSA) is 46.1 Å². The van der Waals surface area contributed by atoms with Crippen LogP contribution in [0.25, 0.3) is 0 Å². The first-order valence-electron chi connectivity index (χ1n) is 9.19. The summed E-state index contributed by atoms with van der Waals surface area (Å²) < 4.78 is 11.0. The molecule has 0 spiro atoms. The van der Waals surface area contributed by atoms with Crippen molar-refractivity contribution in [1.82, 2.24) is 10.2 Å². The second-order valence-corrected chi connectivity index (χ2v) is 6.87. The van der Waals surface area contributed by atoms with Gasteiger partial charge in [0.2, 0.25) is 6.79 Å². The van der Waals surface area contributed by atoms with Gasteiger partial charge in [0.05, 0.1) is 6.54 Å². The first kappa shape index (κ1) is 17.6. The molecule has 5 nitrogen and oxygen atoms in total. The molecule has 1 aliphatic heterocycles. The molecular weight excluding hydrogens is 314 g/mol. The van der Waals surface area contributed by atoms with Crippen molar-refractivity contribution in [1.29, 1.82) is 0 Å². The highest BCUT2D eigenvalue weighted by Gasteiger charge is 2.44. The fourth-order valence-electron chi connectivity index (χ4n) is 3.19. The molecule has 1 N–H and O–H groups in total. The van der Waals surface area contributed by atoms with Gasteiger partial charge in [0.15, 0.2) is 17.5 Å². The van der Waals surface area contributed by atoms with Crippen molar-refractivity contribution < 1.29 is 9.47 Å². The number of ether oxygens (including phenoxy) is 2. The summed E-state index contributed by atoms with van der Waals surface area (Å²) in [6.07, 6.45) is 6.45. The van der Waals surface area contributed by atoms with Crippen molar-refractivity contribution >= 4 is 5.96 Å². The molecule has 1 fully saturated rings. The molecule has 5 heteroatoms. The van der Waals surface area contributed by atoms with Crippen molar-refractivity contribution in [2.45, 2.75) is 38.0 Å². The minimum atomic E-state index is 0.156. The highest BCUT2D eigenvalue weighted by molar-refractivity contribution is 5.79. The van der Waals surface area contributed by atoms with Gasteiger partial charge in [-0.15, -0.1) is 6.58 Å². The van der Waals surface area contributed by atoms with Crippen LogP contribution in [0.3, 0.4) is 0 Å². The number of hydrogen-bond donors (Lipinski definition) is 1. The highest BCUT2D eigenvalue weighted by Crippen LogP contribution is 2.50. The predicted molar refractivity (Wildman–Crippen MR) is 102 cm³/mol. The van der Waals surface area contributed by atoms with Crippen molar-refractivity contribution in [3.63, 3.8) is 0 Å². The van der Waals surface area contributed by atoms with Crippen LogP contribution in [-0.2, 0) is 5.41 Å². The maximum Gasteiger partial charge on any atom is 0.231 e. The molecule has 0 saturated heterocycles. The van der Waals surface area contributed by atoms with E-state index < -0.39 is 0 Å². The Hall–Kier alpha value is -2.17. The van der Waals surface area contributed by atoms with Gasteiger partial charge in [-0.05, 0) is 50.3 Å². The van der Waals surface area contributed by atoms with Crippen LogP contribution in [0.15, 0.2) is 35.8 Å². The Kier molecular flexibility index (Phi) is 5.51. The third-order valence-electron chi connectivity index (χ3n) is 4.97. The zero-order chi connectivity index (χ0) is 17.7. The number of unbranched alkanes of at least 4 members (excludes halogenated alkanes) is 1. The minimum Gasteiger partial charge on any atom is -0.454 e. The first-order chi connectivity index (χ1) is 12.2. The Balaban J connectivity index is 1.68. The molecule has 25 heavy (non-hydrogen) atoms. The van der Waals surface area contributed by atoms with Gasteiger partial charge in [0.1, 0.15) is 0 Å². The molecule has 1 aliphatic carbocycles. The van der Waals surface area contributed by atoms with Crippen LogP contribution >= 0.6 is 0 Å². The molecule has 0 amide bonds. The Bertz CT molecular complexity index is 638. The molecule has 136 valence electrons. The highest BCUT2D eigenvalue weighted by atomic mass is 16.7. The van der Waals surface area contributed by atoms with E-state index in [1.807, 2.05) is 12.1 Å². The van der Waals surface area contributed by atoms with Gasteiger partial charge in [0, 0.05) is 25.6 Å². The fourth-order valence-corrected chi connectivity index (χ4v) is 3.19. The Morgan fingerprint density at radius 3 is 2.88 bits per heavy atom. The molecule has 0 radical (unpaired) electrons. The quantitative estimate of drug-likeness (QED) is 0.340. The standard InChI is InChI=1S/C20H29N3O2/c1-4-6-7-12-23(3)19(21-5-2)22-14-20(10-11-20)16-8-9-17-18(13-16)25-15-24-17/h4,8-9,13H,1,5-7,10-12,14-15H2,2-3H3,(H,21,22). The van der Waals surface area contributed by atoms with E-state index in [-0.39, 0.29) is 5.41 Å². The van der Waals surface area contributed by atoms with E-state index >= 15 is 0 Å². The zero-order valence-corrected chi connectivity index (χ0v) is 15.4. The number of guanidine groups is 1. The summed E-state index contributed by atoms with van der Waals surface area (Å²) in [5.74, 6) is 2.69. The monoisotopic (exact) mass is 343 g/mol. The van der Waals surface area contributed by atoms with E-state index in [2.05, 4.69) is 42.9 Å². The summed E-state index contributed by atoms with van der Waals surface area (Å²) >= 11 is 0. The Morgan fingerprint density at radius 2 is 2.16 bits per heavy atom. The first-order valence-corrected chi connectivity index (χ1v) is 9.19. The second kappa shape index (κ2) is 7.81. The average Bonchev–Trinajstić information content (AvgIpc) is 3.26. The summed E-state index contributed by atoms with van der Waals surface area (Å²) in [5, 5.41) is 3.41. The number of rotatable bonds is 8. The van der Waals surface area contributed by atoms with Crippen molar-refractivity contribution in [2.24, 2.45) is 4.99 Å². The lowest BCUT2D eigenvalue weighted by Gasteiger charge is -2.23. The van der Waals surface area contributed by atoms with Crippen molar-refractivity contribution in [2.75, 3.05) is 33.5 Å². The van der Waals surface area contributed by atoms with Gasteiger partial charge in [-0.1, -0.05) is 12.1 Å². The molecule has 0 atom stereocenters. The third-order valence-corrected chi connectivity index (χ3v) is 4.97. The molecule has 1 heterocycles. The Morgan fingerprint density at radius 1 is 1.36 bits per heavy atom. The average molecular weight is 343 g/mol. The van der Waals surface area contributed by atoms with Crippen LogP contribution in [0.4, 0.5) is 0 Å². The van der Waals surface area contributed by atoms with Crippen LogP contribution in [0, 0.1) is 0 Å². The largest absolute Gasteiger partial charge is 0.454 e. The number of benzene rings is 1. The van der Waals surface area contributed by atoms with Gasteiger partial charge in [-0.3, -0.25) is 4.99 Å². The van der Waals surface area contributed by atoms with Gasteiger partial charge >= 0.3 is 0 Å². The van der Waals surface area contributed by atoms with E-state index in [4.69, 9.17) is 14.5 Å². The van der Waals surface area contributed by atoms with Gasteiger partial charge in [-0.2, -0.15) is 0 Å². The van der Waals surface area contributed by atoms with Crippen LogP contribution in [0.1, 0.15) is 38.2 Å². The molecule has 1 saturated carbocycles. The molecule has 2 aliphatic rings. The van der Waals surface area contributed by atoms with Gasteiger partial charge in [0.25, 0.3) is 0 Å². The number of nitrogens with zero attached hydrogens (tertiary/aromatic N) is 2. The molecule has 1 aromatic carbocycles. The summed E-state index contributed by atoms with van der Waals surface area (Å²) in [4.78, 5) is 7.14. The number of fused-ring (bicyclic) bond motifs is 1. The zero-order valence-electron chi connectivity index (χ0n) is 15.4. The SMILES string of the molecule is C=CCCCN(C)C(=NCC1(c2ccc3c(c2)OCO3)CC1)NCC. The smallest absolute Gasteiger partial charge is 0.231 e. The summed E-state index contributed by atoms with van der Waals surface area (Å²) in [6.45, 7) is 8.89. The van der Waals surface area contributed by atoms with Crippen molar-refractivity contribution in [3.05, 3.63) is 36.4 Å². The van der Waals surface area contributed by atoms with E-state index in [0.717, 1.165) is 49.9 Å². The number of allylic oxidation sites excluding steroid dienone is 1. The van der Waals surface area contributed by atoms with Crippen LogP contribution in [0.5, 0.6) is 11.5 Å². The molecule has 1 aromatic rings. The minimum absolute atomic E-state index is 0.156. The number of nitrogens with one attached hydrogen (secondary N) is 1.